The Morgan fingerprint density at radius 3 is 2.19 bits per heavy atom. The van der Waals surface area contributed by atoms with Crippen LogP contribution in [0, 0.1) is 0 Å². The van der Waals surface area contributed by atoms with E-state index in [0.29, 0.717) is 13.2 Å². The van der Waals surface area contributed by atoms with Gasteiger partial charge >= 0.3 is 11.9 Å². The van der Waals surface area contributed by atoms with Crippen LogP contribution in [0.2, 0.25) is 0 Å². The quantitative estimate of drug-likeness (QED) is 0.583. The molecule has 2 rings (SSSR count). The first kappa shape index (κ1) is 21.2. The molecule has 1 N–H and O–H groups in total. The molecule has 0 radical (unpaired) electrons. The average Bonchev–Trinajstić information content (AvgIpc) is 2.65. The average molecular weight is 358 g/mol. The van der Waals surface area contributed by atoms with Crippen LogP contribution in [-0.4, -0.2) is 23.7 Å². The van der Waals surface area contributed by atoms with Crippen LogP contribution in [0.25, 0.3) is 0 Å². The number of aromatic hydroxyl groups is 1. The van der Waals surface area contributed by atoms with Gasteiger partial charge in [0.1, 0.15) is 17.9 Å². The lowest BCUT2D eigenvalue weighted by molar-refractivity contribution is -0.142. The van der Waals surface area contributed by atoms with Gasteiger partial charge in [-0.1, -0.05) is 62.2 Å². The van der Waals surface area contributed by atoms with Crippen LogP contribution >= 0.6 is 0 Å². The SMILES string of the molecule is CC(=O)OCc1ccccc1.CCCCCOC(=O)c1ccccc1O. The molecule has 0 atom stereocenters. The number of phenolic OH excluding ortho intramolecular Hbond substituents is 1. The van der Waals surface area contributed by atoms with Crippen molar-refractivity contribution in [1.29, 1.82) is 0 Å². The second-order valence-corrected chi connectivity index (χ2v) is 5.63. The van der Waals surface area contributed by atoms with Crippen molar-refractivity contribution in [1.82, 2.24) is 0 Å². The van der Waals surface area contributed by atoms with Gasteiger partial charge in [0.25, 0.3) is 0 Å². The van der Waals surface area contributed by atoms with E-state index in [4.69, 9.17) is 9.47 Å². The van der Waals surface area contributed by atoms with Crippen LogP contribution in [-0.2, 0) is 20.9 Å². The normalized spacial score (nSPS) is 9.62. The highest BCUT2D eigenvalue weighted by molar-refractivity contribution is 5.92. The van der Waals surface area contributed by atoms with Crippen molar-refractivity contribution in [2.24, 2.45) is 0 Å². The molecule has 140 valence electrons. The van der Waals surface area contributed by atoms with Gasteiger partial charge in [0.05, 0.1) is 6.61 Å². The third-order valence-electron chi connectivity index (χ3n) is 3.39. The Labute approximate surface area is 154 Å². The van der Waals surface area contributed by atoms with Crippen LogP contribution in [0.15, 0.2) is 54.6 Å². The molecule has 26 heavy (non-hydrogen) atoms. The van der Waals surface area contributed by atoms with Crippen molar-refractivity contribution in [2.45, 2.75) is 39.7 Å². The monoisotopic (exact) mass is 358 g/mol. The molecule has 0 saturated heterocycles. The highest BCUT2D eigenvalue weighted by atomic mass is 16.5. The van der Waals surface area contributed by atoms with Crippen LogP contribution in [0.1, 0.15) is 49.0 Å². The second-order valence-electron chi connectivity index (χ2n) is 5.63. The number of benzene rings is 2. The summed E-state index contributed by atoms with van der Waals surface area (Å²) in [7, 11) is 0. The Balaban J connectivity index is 0.000000273. The molecule has 5 nitrogen and oxygen atoms in total. The molecule has 0 spiro atoms. The van der Waals surface area contributed by atoms with E-state index in [-0.39, 0.29) is 17.3 Å². The maximum Gasteiger partial charge on any atom is 0.341 e. The Bertz CT molecular complexity index is 667. The number of rotatable bonds is 7. The van der Waals surface area contributed by atoms with Crippen LogP contribution in [0.5, 0.6) is 5.75 Å². The lowest BCUT2D eigenvalue weighted by Crippen LogP contribution is -2.06. The molecule has 0 aliphatic rings. The third kappa shape index (κ3) is 8.87. The molecule has 0 fully saturated rings. The molecular formula is C21H26O5. The van der Waals surface area contributed by atoms with Gasteiger partial charge in [0, 0.05) is 6.92 Å². The fourth-order valence-electron chi connectivity index (χ4n) is 2.00. The minimum Gasteiger partial charge on any atom is -0.507 e. The number of hydrogen-bond acceptors (Lipinski definition) is 5. The van der Waals surface area contributed by atoms with Crippen molar-refractivity contribution >= 4 is 11.9 Å². The molecule has 0 aromatic heterocycles. The van der Waals surface area contributed by atoms with Crippen LogP contribution < -0.4 is 0 Å². The summed E-state index contributed by atoms with van der Waals surface area (Å²) in [5.41, 5.74) is 1.25. The molecule has 0 saturated carbocycles. The van der Waals surface area contributed by atoms with Gasteiger partial charge in [-0.25, -0.2) is 4.79 Å². The third-order valence-corrected chi connectivity index (χ3v) is 3.39. The van der Waals surface area contributed by atoms with E-state index in [1.54, 1.807) is 18.2 Å². The molecule has 0 bridgehead atoms. The summed E-state index contributed by atoms with van der Waals surface area (Å²) < 4.78 is 9.80. The number of carbonyl (C=O) groups is 2. The van der Waals surface area contributed by atoms with Gasteiger partial charge in [0.2, 0.25) is 0 Å². The summed E-state index contributed by atoms with van der Waals surface area (Å²) >= 11 is 0. The van der Waals surface area contributed by atoms with Crippen molar-refractivity contribution in [3.8, 4) is 5.75 Å². The van der Waals surface area contributed by atoms with Crippen molar-refractivity contribution in [3.63, 3.8) is 0 Å². The number of carbonyl (C=O) groups excluding carboxylic acids is 2. The Hall–Kier alpha value is -2.82. The maximum absolute atomic E-state index is 11.4. The fourth-order valence-corrected chi connectivity index (χ4v) is 2.00. The topological polar surface area (TPSA) is 72.8 Å². The molecule has 5 heteroatoms. The minimum atomic E-state index is -0.454. The molecule has 0 aliphatic heterocycles. The van der Waals surface area contributed by atoms with E-state index >= 15 is 0 Å². The summed E-state index contributed by atoms with van der Waals surface area (Å²) in [6, 6.07) is 16.0. The number of phenols is 1. The first-order valence-electron chi connectivity index (χ1n) is 8.67. The first-order valence-corrected chi connectivity index (χ1v) is 8.67. The Kier molecular flexibility index (Phi) is 10.2. The second kappa shape index (κ2) is 12.5. The summed E-state index contributed by atoms with van der Waals surface area (Å²) in [5, 5.41) is 9.38. The number of unbranched alkanes of at least 4 members (excludes halogenated alkanes) is 2. The molecule has 0 heterocycles. The smallest absolute Gasteiger partial charge is 0.341 e. The summed E-state index contributed by atoms with van der Waals surface area (Å²) in [6.07, 6.45) is 3.01. The van der Waals surface area contributed by atoms with Gasteiger partial charge in [0.15, 0.2) is 0 Å². The molecule has 2 aromatic carbocycles. The van der Waals surface area contributed by atoms with E-state index in [0.717, 1.165) is 24.8 Å². The van der Waals surface area contributed by atoms with E-state index in [1.807, 2.05) is 30.3 Å². The summed E-state index contributed by atoms with van der Waals surface area (Å²) in [5.74, 6) is -0.726. The summed E-state index contributed by atoms with van der Waals surface area (Å²) in [6.45, 7) is 4.28. The molecule has 0 amide bonds. The summed E-state index contributed by atoms with van der Waals surface area (Å²) in [4.78, 5) is 21.8. The molecular weight excluding hydrogens is 332 g/mol. The zero-order valence-electron chi connectivity index (χ0n) is 15.3. The standard InChI is InChI=1S/C12H16O3.C9H10O2/c1-2-3-6-9-15-12(14)10-7-4-5-8-11(10)13;1-8(10)11-7-9-5-3-2-4-6-9/h4-5,7-8,13H,2-3,6,9H2,1H3;2-6H,7H2,1H3. The number of para-hydroxylation sites is 1. The van der Waals surface area contributed by atoms with Gasteiger partial charge in [-0.3, -0.25) is 4.79 Å². The van der Waals surface area contributed by atoms with E-state index < -0.39 is 5.97 Å². The Morgan fingerprint density at radius 1 is 0.923 bits per heavy atom. The Morgan fingerprint density at radius 2 is 1.58 bits per heavy atom. The highest BCUT2D eigenvalue weighted by Crippen LogP contribution is 2.16. The minimum absolute atomic E-state index is 0.0296. The maximum atomic E-state index is 11.4. The van der Waals surface area contributed by atoms with Crippen LogP contribution in [0.4, 0.5) is 0 Å². The fraction of sp³-hybridized carbons (Fsp3) is 0.333. The molecule has 2 aromatic rings. The highest BCUT2D eigenvalue weighted by Gasteiger charge is 2.10. The van der Waals surface area contributed by atoms with Crippen LogP contribution in [0.3, 0.4) is 0 Å². The van der Waals surface area contributed by atoms with Crippen molar-refractivity contribution in [3.05, 3.63) is 65.7 Å². The van der Waals surface area contributed by atoms with E-state index in [1.165, 1.54) is 13.0 Å². The predicted molar refractivity (Wildman–Crippen MR) is 99.8 cm³/mol. The van der Waals surface area contributed by atoms with Gasteiger partial charge in [-0.05, 0) is 24.1 Å². The largest absolute Gasteiger partial charge is 0.507 e. The van der Waals surface area contributed by atoms with E-state index in [9.17, 15) is 14.7 Å². The zero-order chi connectivity index (χ0) is 19.2. The van der Waals surface area contributed by atoms with Gasteiger partial charge in [-0.2, -0.15) is 0 Å². The van der Waals surface area contributed by atoms with Crippen molar-refractivity contribution < 1.29 is 24.2 Å². The number of esters is 2. The lowest BCUT2D eigenvalue weighted by atomic mass is 10.2. The predicted octanol–water partition coefficient (Wildman–Crippen LogP) is 4.49. The van der Waals surface area contributed by atoms with Gasteiger partial charge in [-0.15, -0.1) is 0 Å². The number of hydrogen-bond donors (Lipinski definition) is 1. The first-order chi connectivity index (χ1) is 12.5. The van der Waals surface area contributed by atoms with Crippen molar-refractivity contribution in [2.75, 3.05) is 6.61 Å². The zero-order valence-corrected chi connectivity index (χ0v) is 15.3. The molecule has 0 aliphatic carbocycles. The number of ether oxygens (including phenoxy) is 2. The lowest BCUT2D eigenvalue weighted by Gasteiger charge is -2.05. The van der Waals surface area contributed by atoms with E-state index in [2.05, 4.69) is 6.92 Å². The van der Waals surface area contributed by atoms with Gasteiger partial charge < -0.3 is 14.6 Å². The molecule has 0 unspecified atom stereocenters.